The van der Waals surface area contributed by atoms with E-state index < -0.39 is 5.41 Å². The SMILES string of the molecule is COCC1CCCN(C(=O)C2(C(N)=S)CCC2)C1. The first kappa shape index (κ1) is 13.7. The van der Waals surface area contributed by atoms with Gasteiger partial charge in [-0.25, -0.2) is 0 Å². The van der Waals surface area contributed by atoms with Crippen molar-refractivity contribution in [1.29, 1.82) is 0 Å². The van der Waals surface area contributed by atoms with E-state index in [1.54, 1.807) is 7.11 Å². The maximum absolute atomic E-state index is 12.6. The van der Waals surface area contributed by atoms with Crippen molar-refractivity contribution in [2.24, 2.45) is 17.1 Å². The molecule has 0 aromatic heterocycles. The standard InChI is InChI=1S/C13H22N2O2S/c1-17-9-10-4-2-7-15(8-10)12(16)13(11(14)18)5-3-6-13/h10H,2-9H2,1H3,(H2,14,18). The second-order valence-electron chi connectivity index (χ2n) is 5.51. The van der Waals surface area contributed by atoms with Crippen LogP contribution in [0.4, 0.5) is 0 Å². The maximum atomic E-state index is 12.6. The predicted molar refractivity (Wildman–Crippen MR) is 74.2 cm³/mol. The van der Waals surface area contributed by atoms with Crippen LogP contribution in [0.5, 0.6) is 0 Å². The van der Waals surface area contributed by atoms with Crippen LogP contribution in [0.25, 0.3) is 0 Å². The Morgan fingerprint density at radius 1 is 1.50 bits per heavy atom. The van der Waals surface area contributed by atoms with Gasteiger partial charge in [0.2, 0.25) is 5.91 Å². The van der Waals surface area contributed by atoms with E-state index in [-0.39, 0.29) is 5.91 Å². The Labute approximate surface area is 114 Å². The summed E-state index contributed by atoms with van der Waals surface area (Å²) in [5.41, 5.74) is 5.27. The van der Waals surface area contributed by atoms with E-state index in [0.717, 1.165) is 51.8 Å². The van der Waals surface area contributed by atoms with Gasteiger partial charge in [0, 0.05) is 20.2 Å². The molecule has 4 nitrogen and oxygen atoms in total. The van der Waals surface area contributed by atoms with E-state index in [0.29, 0.717) is 10.9 Å². The second kappa shape index (κ2) is 5.53. The van der Waals surface area contributed by atoms with Gasteiger partial charge in [0.15, 0.2) is 0 Å². The molecule has 2 N–H and O–H groups in total. The number of rotatable bonds is 4. The minimum Gasteiger partial charge on any atom is -0.392 e. The van der Waals surface area contributed by atoms with Gasteiger partial charge in [-0.1, -0.05) is 18.6 Å². The van der Waals surface area contributed by atoms with Crippen molar-refractivity contribution in [3.63, 3.8) is 0 Å². The van der Waals surface area contributed by atoms with Gasteiger partial charge in [-0.3, -0.25) is 4.79 Å². The van der Waals surface area contributed by atoms with Crippen LogP contribution in [-0.4, -0.2) is 42.6 Å². The highest BCUT2D eigenvalue weighted by Gasteiger charge is 2.49. The lowest BCUT2D eigenvalue weighted by molar-refractivity contribution is -0.144. The van der Waals surface area contributed by atoms with Crippen molar-refractivity contribution >= 4 is 23.1 Å². The van der Waals surface area contributed by atoms with Crippen LogP contribution in [-0.2, 0) is 9.53 Å². The average Bonchev–Trinajstić information content (AvgIpc) is 2.27. The lowest BCUT2D eigenvalue weighted by Crippen LogP contribution is -2.56. The summed E-state index contributed by atoms with van der Waals surface area (Å²) in [6, 6.07) is 0. The van der Waals surface area contributed by atoms with Crippen LogP contribution in [0.15, 0.2) is 0 Å². The molecule has 0 spiro atoms. The zero-order chi connectivity index (χ0) is 13.2. The minimum atomic E-state index is -0.524. The largest absolute Gasteiger partial charge is 0.392 e. The van der Waals surface area contributed by atoms with Gasteiger partial charge >= 0.3 is 0 Å². The Kier molecular flexibility index (Phi) is 4.22. The summed E-state index contributed by atoms with van der Waals surface area (Å²) in [7, 11) is 1.71. The van der Waals surface area contributed by atoms with Crippen LogP contribution >= 0.6 is 12.2 Å². The fourth-order valence-corrected chi connectivity index (χ4v) is 3.31. The first-order valence-corrected chi connectivity index (χ1v) is 7.09. The molecule has 2 fully saturated rings. The van der Waals surface area contributed by atoms with Crippen molar-refractivity contribution in [2.45, 2.75) is 32.1 Å². The molecule has 0 aromatic rings. The molecular weight excluding hydrogens is 248 g/mol. The van der Waals surface area contributed by atoms with Crippen LogP contribution in [0.3, 0.4) is 0 Å². The summed E-state index contributed by atoms with van der Waals surface area (Å²) in [5, 5.41) is 0. The van der Waals surface area contributed by atoms with Gasteiger partial charge in [0.1, 0.15) is 0 Å². The van der Waals surface area contributed by atoms with Crippen LogP contribution in [0.1, 0.15) is 32.1 Å². The molecule has 1 unspecified atom stereocenters. The third-order valence-corrected chi connectivity index (χ3v) is 4.69. The highest BCUT2D eigenvalue weighted by molar-refractivity contribution is 7.80. The van der Waals surface area contributed by atoms with E-state index in [9.17, 15) is 4.79 Å². The number of carbonyl (C=O) groups excluding carboxylic acids is 1. The minimum absolute atomic E-state index is 0.155. The number of piperidine rings is 1. The molecule has 1 aliphatic heterocycles. The van der Waals surface area contributed by atoms with Crippen LogP contribution in [0.2, 0.25) is 0 Å². The molecule has 0 aromatic carbocycles. The first-order chi connectivity index (χ1) is 8.60. The molecule has 1 saturated carbocycles. The number of methoxy groups -OCH3 is 1. The van der Waals surface area contributed by atoms with Gasteiger partial charge in [-0.05, 0) is 31.6 Å². The van der Waals surface area contributed by atoms with Crippen LogP contribution in [0, 0.1) is 11.3 Å². The summed E-state index contributed by atoms with van der Waals surface area (Å²) >= 11 is 5.11. The lowest BCUT2D eigenvalue weighted by Gasteiger charge is -2.44. The summed E-state index contributed by atoms with van der Waals surface area (Å²) < 4.78 is 5.19. The van der Waals surface area contributed by atoms with Gasteiger partial charge in [-0.15, -0.1) is 0 Å². The molecule has 0 bridgehead atoms. The molecule has 5 heteroatoms. The van der Waals surface area contributed by atoms with Crippen molar-refractivity contribution < 1.29 is 9.53 Å². The molecular formula is C13H22N2O2S. The Hall–Kier alpha value is -0.680. The lowest BCUT2D eigenvalue weighted by atomic mass is 9.67. The number of nitrogens with two attached hydrogens (primary N) is 1. The number of thiocarbonyl (C=S) groups is 1. The summed E-state index contributed by atoms with van der Waals surface area (Å²) in [5.74, 6) is 0.609. The monoisotopic (exact) mass is 270 g/mol. The molecule has 1 amide bonds. The predicted octanol–water partition coefficient (Wildman–Crippen LogP) is 1.33. The smallest absolute Gasteiger partial charge is 0.235 e. The van der Waals surface area contributed by atoms with Gasteiger partial charge in [0.25, 0.3) is 0 Å². The molecule has 1 heterocycles. The summed E-state index contributed by atoms with van der Waals surface area (Å²) in [6.45, 7) is 2.35. The van der Waals surface area contributed by atoms with E-state index in [2.05, 4.69) is 0 Å². The zero-order valence-electron chi connectivity index (χ0n) is 11.0. The Balaban J connectivity index is 2.02. The fraction of sp³-hybridized carbons (Fsp3) is 0.846. The quantitative estimate of drug-likeness (QED) is 0.783. The second-order valence-corrected chi connectivity index (χ2v) is 5.95. The molecule has 0 radical (unpaired) electrons. The topological polar surface area (TPSA) is 55.6 Å². The number of carbonyl (C=O) groups is 1. The van der Waals surface area contributed by atoms with E-state index >= 15 is 0 Å². The third-order valence-electron chi connectivity index (χ3n) is 4.30. The molecule has 1 saturated heterocycles. The van der Waals surface area contributed by atoms with Crippen LogP contribution < -0.4 is 5.73 Å². The normalized spacial score (nSPS) is 26.5. The van der Waals surface area contributed by atoms with Gasteiger partial charge in [0.05, 0.1) is 17.0 Å². The molecule has 1 atom stereocenters. The van der Waals surface area contributed by atoms with E-state index in [1.807, 2.05) is 4.90 Å². The Morgan fingerprint density at radius 2 is 2.22 bits per heavy atom. The molecule has 2 aliphatic rings. The zero-order valence-corrected chi connectivity index (χ0v) is 11.8. The highest BCUT2D eigenvalue weighted by atomic mass is 32.1. The Morgan fingerprint density at radius 3 is 2.72 bits per heavy atom. The van der Waals surface area contributed by atoms with Gasteiger partial charge in [-0.2, -0.15) is 0 Å². The van der Waals surface area contributed by atoms with Crippen molar-refractivity contribution in [1.82, 2.24) is 4.90 Å². The van der Waals surface area contributed by atoms with E-state index in [4.69, 9.17) is 22.7 Å². The Bertz CT molecular complexity index is 340. The van der Waals surface area contributed by atoms with Crippen molar-refractivity contribution in [3.8, 4) is 0 Å². The fourth-order valence-electron chi connectivity index (χ4n) is 3.02. The molecule has 1 aliphatic carbocycles. The molecule has 18 heavy (non-hydrogen) atoms. The number of hydrogen-bond donors (Lipinski definition) is 1. The number of hydrogen-bond acceptors (Lipinski definition) is 3. The molecule has 2 rings (SSSR count). The maximum Gasteiger partial charge on any atom is 0.235 e. The van der Waals surface area contributed by atoms with E-state index in [1.165, 1.54) is 0 Å². The van der Waals surface area contributed by atoms with Gasteiger partial charge < -0.3 is 15.4 Å². The average molecular weight is 270 g/mol. The number of amides is 1. The third kappa shape index (κ3) is 2.38. The molecule has 102 valence electrons. The summed E-state index contributed by atoms with van der Waals surface area (Å²) in [6.07, 6.45) is 4.89. The summed E-state index contributed by atoms with van der Waals surface area (Å²) in [4.78, 5) is 14.9. The van der Waals surface area contributed by atoms with Crippen molar-refractivity contribution in [2.75, 3.05) is 26.8 Å². The number of likely N-dealkylation sites (tertiary alicyclic amines) is 1. The first-order valence-electron chi connectivity index (χ1n) is 6.68. The number of nitrogens with zero attached hydrogens (tertiary/aromatic N) is 1. The number of ether oxygens (including phenoxy) is 1. The van der Waals surface area contributed by atoms with Crippen molar-refractivity contribution in [3.05, 3.63) is 0 Å². The highest BCUT2D eigenvalue weighted by Crippen LogP contribution is 2.43.